The first-order valence-electron chi connectivity index (χ1n) is 8.56. The van der Waals surface area contributed by atoms with Gasteiger partial charge in [-0.2, -0.15) is 0 Å². The van der Waals surface area contributed by atoms with Crippen molar-refractivity contribution >= 4 is 23.6 Å². The third kappa shape index (κ3) is 5.23. The predicted molar refractivity (Wildman–Crippen MR) is 97.1 cm³/mol. The van der Waals surface area contributed by atoms with Crippen LogP contribution in [0.25, 0.3) is 0 Å². The minimum atomic E-state index is 0.0646. The van der Waals surface area contributed by atoms with E-state index in [-0.39, 0.29) is 11.8 Å². The van der Waals surface area contributed by atoms with Gasteiger partial charge < -0.3 is 10.2 Å². The zero-order valence-corrected chi connectivity index (χ0v) is 15.6. The summed E-state index contributed by atoms with van der Waals surface area (Å²) in [6.07, 6.45) is 6.10. The summed E-state index contributed by atoms with van der Waals surface area (Å²) < 4.78 is 0. The highest BCUT2D eigenvalue weighted by atomic mass is 32.2. The van der Waals surface area contributed by atoms with Gasteiger partial charge in [-0.1, -0.05) is 13.8 Å². The molecule has 1 N–H and O–H groups in total. The molecular weight excluding hydrogens is 322 g/mol. The molecule has 1 saturated heterocycles. The molecule has 2 heterocycles. The third-order valence-electron chi connectivity index (χ3n) is 4.28. The van der Waals surface area contributed by atoms with Crippen LogP contribution in [-0.2, 0) is 4.79 Å². The zero-order valence-electron chi connectivity index (χ0n) is 14.7. The Morgan fingerprint density at radius 2 is 2.08 bits per heavy atom. The molecule has 0 atom stereocenters. The SMILES string of the molecule is CSc1ncccc1C(=O)N1CCC(CNC(=O)CC(C)C)CC1. The number of rotatable bonds is 6. The van der Waals surface area contributed by atoms with Crippen LogP contribution < -0.4 is 5.32 Å². The van der Waals surface area contributed by atoms with E-state index in [0.717, 1.165) is 37.5 Å². The van der Waals surface area contributed by atoms with E-state index in [1.54, 1.807) is 6.20 Å². The Morgan fingerprint density at radius 1 is 1.38 bits per heavy atom. The number of thioether (sulfide) groups is 1. The standard InChI is InChI=1S/C18H27N3O2S/c1-13(2)11-16(22)20-12-14-6-9-21(10-7-14)18(23)15-5-4-8-19-17(15)24-3/h4-5,8,13-14H,6-7,9-12H2,1-3H3,(H,20,22). The molecule has 0 bridgehead atoms. The van der Waals surface area contributed by atoms with Crippen LogP contribution in [0.15, 0.2) is 23.4 Å². The average Bonchev–Trinajstić information content (AvgIpc) is 2.59. The second-order valence-corrected chi connectivity index (χ2v) is 7.49. The minimum absolute atomic E-state index is 0.0646. The highest BCUT2D eigenvalue weighted by Crippen LogP contribution is 2.22. The first-order valence-corrected chi connectivity index (χ1v) is 9.78. The lowest BCUT2D eigenvalue weighted by molar-refractivity contribution is -0.122. The molecule has 1 aromatic heterocycles. The Morgan fingerprint density at radius 3 is 2.71 bits per heavy atom. The summed E-state index contributed by atoms with van der Waals surface area (Å²) in [6.45, 7) is 6.30. The van der Waals surface area contributed by atoms with E-state index in [4.69, 9.17) is 0 Å². The first-order chi connectivity index (χ1) is 11.5. The molecular formula is C18H27N3O2S. The van der Waals surface area contributed by atoms with Crippen molar-refractivity contribution in [1.29, 1.82) is 0 Å². The van der Waals surface area contributed by atoms with Crippen LogP contribution in [0.5, 0.6) is 0 Å². The molecule has 0 spiro atoms. The average molecular weight is 350 g/mol. The van der Waals surface area contributed by atoms with Crippen molar-refractivity contribution in [2.24, 2.45) is 11.8 Å². The number of carbonyl (C=O) groups excluding carboxylic acids is 2. The van der Waals surface area contributed by atoms with Crippen molar-refractivity contribution in [3.05, 3.63) is 23.9 Å². The molecule has 0 radical (unpaired) electrons. The summed E-state index contributed by atoms with van der Waals surface area (Å²) in [7, 11) is 0. The molecule has 0 aliphatic carbocycles. The maximum absolute atomic E-state index is 12.7. The van der Waals surface area contributed by atoms with E-state index in [9.17, 15) is 9.59 Å². The number of piperidine rings is 1. The van der Waals surface area contributed by atoms with E-state index in [1.165, 1.54) is 11.8 Å². The summed E-state index contributed by atoms with van der Waals surface area (Å²) in [5, 5.41) is 3.80. The summed E-state index contributed by atoms with van der Waals surface area (Å²) in [5.41, 5.74) is 0.689. The van der Waals surface area contributed by atoms with Crippen LogP contribution in [0.4, 0.5) is 0 Å². The first kappa shape index (κ1) is 18.8. The number of pyridine rings is 1. The summed E-state index contributed by atoms with van der Waals surface area (Å²) in [4.78, 5) is 30.6. The number of likely N-dealkylation sites (tertiary alicyclic amines) is 1. The molecule has 1 fully saturated rings. The van der Waals surface area contributed by atoms with E-state index < -0.39 is 0 Å². The Hall–Kier alpha value is -1.56. The number of aromatic nitrogens is 1. The lowest BCUT2D eigenvalue weighted by Gasteiger charge is -2.32. The Balaban J connectivity index is 1.82. The van der Waals surface area contributed by atoms with E-state index in [2.05, 4.69) is 10.3 Å². The normalized spacial score (nSPS) is 15.6. The smallest absolute Gasteiger partial charge is 0.256 e. The zero-order chi connectivity index (χ0) is 17.5. The number of nitrogens with one attached hydrogen (secondary N) is 1. The largest absolute Gasteiger partial charge is 0.356 e. The fourth-order valence-corrected chi connectivity index (χ4v) is 3.47. The van der Waals surface area contributed by atoms with Crippen molar-refractivity contribution in [3.63, 3.8) is 0 Å². The lowest BCUT2D eigenvalue weighted by Crippen LogP contribution is -2.41. The van der Waals surface area contributed by atoms with E-state index in [1.807, 2.05) is 37.1 Å². The lowest BCUT2D eigenvalue weighted by atomic mass is 9.96. The molecule has 5 nitrogen and oxygen atoms in total. The van der Waals surface area contributed by atoms with Crippen molar-refractivity contribution in [2.75, 3.05) is 25.9 Å². The molecule has 24 heavy (non-hydrogen) atoms. The maximum atomic E-state index is 12.7. The molecule has 132 valence electrons. The molecule has 1 aliphatic rings. The van der Waals surface area contributed by atoms with Crippen molar-refractivity contribution < 1.29 is 9.59 Å². The van der Waals surface area contributed by atoms with Gasteiger partial charge in [0.05, 0.1) is 5.56 Å². The predicted octanol–water partition coefficient (Wildman–Crippen LogP) is 2.82. The fraction of sp³-hybridized carbons (Fsp3) is 0.611. The van der Waals surface area contributed by atoms with Crippen LogP contribution in [-0.4, -0.2) is 47.6 Å². The number of amides is 2. The molecule has 0 saturated carbocycles. The quantitative estimate of drug-likeness (QED) is 0.802. The van der Waals surface area contributed by atoms with E-state index in [0.29, 0.717) is 23.8 Å². The van der Waals surface area contributed by atoms with Gasteiger partial charge in [0.25, 0.3) is 5.91 Å². The summed E-state index contributed by atoms with van der Waals surface area (Å²) >= 11 is 1.50. The third-order valence-corrected chi connectivity index (χ3v) is 4.99. The molecule has 0 unspecified atom stereocenters. The molecule has 2 amide bonds. The van der Waals surface area contributed by atoms with Gasteiger partial charge in [0.2, 0.25) is 5.91 Å². The van der Waals surface area contributed by atoms with Gasteiger partial charge in [0.1, 0.15) is 5.03 Å². The highest BCUT2D eigenvalue weighted by Gasteiger charge is 2.25. The Labute approximate surface area is 148 Å². The van der Waals surface area contributed by atoms with Crippen LogP contribution in [0.3, 0.4) is 0 Å². The van der Waals surface area contributed by atoms with Crippen molar-refractivity contribution in [1.82, 2.24) is 15.2 Å². The topological polar surface area (TPSA) is 62.3 Å². The summed E-state index contributed by atoms with van der Waals surface area (Å²) in [6, 6.07) is 3.66. The molecule has 0 aromatic carbocycles. The van der Waals surface area contributed by atoms with Crippen LogP contribution in [0.1, 0.15) is 43.5 Å². The monoisotopic (exact) mass is 349 g/mol. The van der Waals surface area contributed by atoms with Crippen LogP contribution in [0.2, 0.25) is 0 Å². The number of hydrogen-bond donors (Lipinski definition) is 1. The molecule has 2 rings (SSSR count). The molecule has 6 heteroatoms. The van der Waals surface area contributed by atoms with Crippen LogP contribution >= 0.6 is 11.8 Å². The van der Waals surface area contributed by atoms with Gasteiger partial charge in [0, 0.05) is 32.3 Å². The minimum Gasteiger partial charge on any atom is -0.356 e. The van der Waals surface area contributed by atoms with Crippen molar-refractivity contribution in [3.8, 4) is 0 Å². The number of nitrogens with zero attached hydrogens (tertiary/aromatic N) is 2. The van der Waals surface area contributed by atoms with Gasteiger partial charge in [-0.25, -0.2) is 4.98 Å². The molecule has 1 aliphatic heterocycles. The van der Waals surface area contributed by atoms with Gasteiger partial charge >= 0.3 is 0 Å². The van der Waals surface area contributed by atoms with E-state index >= 15 is 0 Å². The highest BCUT2D eigenvalue weighted by molar-refractivity contribution is 7.98. The van der Waals surface area contributed by atoms with Gasteiger partial charge in [-0.05, 0) is 43.1 Å². The number of carbonyl (C=O) groups is 2. The van der Waals surface area contributed by atoms with Gasteiger partial charge in [-0.3, -0.25) is 9.59 Å². The fourth-order valence-electron chi connectivity index (χ4n) is 2.93. The summed E-state index contributed by atoms with van der Waals surface area (Å²) in [5.74, 6) is 1.03. The second-order valence-electron chi connectivity index (χ2n) is 6.70. The Bertz CT molecular complexity index is 569. The Kier molecular flexibility index (Phi) is 7.09. The van der Waals surface area contributed by atoms with Gasteiger partial charge in [0.15, 0.2) is 0 Å². The molecule has 1 aromatic rings. The van der Waals surface area contributed by atoms with Crippen molar-refractivity contribution in [2.45, 2.75) is 38.1 Å². The second kappa shape index (κ2) is 9.06. The van der Waals surface area contributed by atoms with Gasteiger partial charge in [-0.15, -0.1) is 11.8 Å². The van der Waals surface area contributed by atoms with Crippen LogP contribution in [0, 0.1) is 11.8 Å². The number of hydrogen-bond acceptors (Lipinski definition) is 4. The maximum Gasteiger partial charge on any atom is 0.256 e.